The van der Waals surface area contributed by atoms with Gasteiger partial charge in [-0.05, 0) is 18.6 Å². The lowest BCUT2D eigenvalue weighted by Gasteiger charge is -1.92. The second-order valence-electron chi connectivity index (χ2n) is 3.26. The van der Waals surface area contributed by atoms with E-state index in [1.807, 2.05) is 36.9 Å². The SMILES string of the molecule is Cc1c2ccc(C=NN)cc2nn1C. The van der Waals surface area contributed by atoms with Crippen molar-refractivity contribution in [3.63, 3.8) is 0 Å². The Labute approximate surface area is 82.0 Å². The molecule has 0 aliphatic carbocycles. The molecule has 4 nitrogen and oxygen atoms in total. The molecule has 72 valence electrons. The fraction of sp³-hybridized carbons (Fsp3) is 0.200. The molecule has 0 saturated carbocycles. The molecule has 0 saturated heterocycles. The molecular weight excluding hydrogens is 176 g/mol. The van der Waals surface area contributed by atoms with Crippen LogP contribution in [0.5, 0.6) is 0 Å². The van der Waals surface area contributed by atoms with E-state index in [9.17, 15) is 0 Å². The Morgan fingerprint density at radius 3 is 3.00 bits per heavy atom. The van der Waals surface area contributed by atoms with Crippen LogP contribution in [0, 0.1) is 6.92 Å². The van der Waals surface area contributed by atoms with Crippen molar-refractivity contribution < 1.29 is 0 Å². The van der Waals surface area contributed by atoms with Crippen molar-refractivity contribution in [2.75, 3.05) is 0 Å². The first-order chi connectivity index (χ1) is 6.72. The van der Waals surface area contributed by atoms with Crippen molar-refractivity contribution in [3.8, 4) is 0 Å². The zero-order chi connectivity index (χ0) is 10.1. The van der Waals surface area contributed by atoms with E-state index >= 15 is 0 Å². The predicted molar refractivity (Wildman–Crippen MR) is 57.2 cm³/mol. The van der Waals surface area contributed by atoms with Crippen LogP contribution in [-0.4, -0.2) is 16.0 Å². The monoisotopic (exact) mass is 188 g/mol. The molecule has 2 rings (SSSR count). The van der Waals surface area contributed by atoms with Gasteiger partial charge in [-0.15, -0.1) is 0 Å². The molecule has 1 aromatic carbocycles. The largest absolute Gasteiger partial charge is 0.323 e. The summed E-state index contributed by atoms with van der Waals surface area (Å²) in [6.07, 6.45) is 1.61. The average Bonchev–Trinajstić information content (AvgIpc) is 2.43. The van der Waals surface area contributed by atoms with Crippen molar-refractivity contribution >= 4 is 17.1 Å². The van der Waals surface area contributed by atoms with Crippen LogP contribution in [0.2, 0.25) is 0 Å². The summed E-state index contributed by atoms with van der Waals surface area (Å²) in [7, 11) is 1.94. The van der Waals surface area contributed by atoms with Crippen LogP contribution in [-0.2, 0) is 7.05 Å². The Bertz CT molecular complexity index is 496. The summed E-state index contributed by atoms with van der Waals surface area (Å²) in [5.74, 6) is 5.08. The van der Waals surface area contributed by atoms with E-state index in [4.69, 9.17) is 5.84 Å². The number of aromatic nitrogens is 2. The highest BCUT2D eigenvalue weighted by molar-refractivity contribution is 5.89. The molecule has 0 aliphatic rings. The number of aryl methyl sites for hydroxylation is 2. The zero-order valence-corrected chi connectivity index (χ0v) is 8.23. The van der Waals surface area contributed by atoms with E-state index < -0.39 is 0 Å². The van der Waals surface area contributed by atoms with Gasteiger partial charge in [0.1, 0.15) is 0 Å². The Hall–Kier alpha value is -1.84. The predicted octanol–water partition coefficient (Wildman–Crippen LogP) is 1.17. The van der Waals surface area contributed by atoms with Gasteiger partial charge in [0.05, 0.1) is 11.7 Å². The van der Waals surface area contributed by atoms with Crippen LogP contribution in [0.4, 0.5) is 0 Å². The van der Waals surface area contributed by atoms with E-state index in [1.165, 1.54) is 5.39 Å². The molecule has 14 heavy (non-hydrogen) atoms. The van der Waals surface area contributed by atoms with Crippen LogP contribution in [0.15, 0.2) is 23.3 Å². The Kier molecular flexibility index (Phi) is 1.96. The molecule has 2 aromatic rings. The molecule has 0 unspecified atom stereocenters. The van der Waals surface area contributed by atoms with Gasteiger partial charge in [0.15, 0.2) is 0 Å². The van der Waals surface area contributed by atoms with Crippen molar-refractivity contribution in [1.82, 2.24) is 9.78 Å². The van der Waals surface area contributed by atoms with Gasteiger partial charge in [-0.25, -0.2) is 0 Å². The Morgan fingerprint density at radius 2 is 2.29 bits per heavy atom. The lowest BCUT2D eigenvalue weighted by Crippen LogP contribution is -1.91. The van der Waals surface area contributed by atoms with Gasteiger partial charge >= 0.3 is 0 Å². The number of rotatable bonds is 1. The molecule has 4 heteroatoms. The first-order valence-electron chi connectivity index (χ1n) is 4.39. The number of nitrogens with zero attached hydrogens (tertiary/aromatic N) is 3. The second kappa shape index (κ2) is 3.14. The molecule has 0 amide bonds. The maximum atomic E-state index is 5.08. The summed E-state index contributed by atoms with van der Waals surface area (Å²) in [5, 5.41) is 9.02. The summed E-state index contributed by atoms with van der Waals surface area (Å²) >= 11 is 0. The third kappa shape index (κ3) is 1.25. The molecule has 0 fully saturated rings. The van der Waals surface area contributed by atoms with Gasteiger partial charge in [0, 0.05) is 18.1 Å². The second-order valence-corrected chi connectivity index (χ2v) is 3.26. The zero-order valence-electron chi connectivity index (χ0n) is 8.23. The minimum Gasteiger partial charge on any atom is -0.323 e. The normalized spacial score (nSPS) is 11.6. The lowest BCUT2D eigenvalue weighted by atomic mass is 10.1. The molecule has 0 bridgehead atoms. The topological polar surface area (TPSA) is 56.2 Å². The number of fused-ring (bicyclic) bond motifs is 1. The third-order valence-electron chi connectivity index (χ3n) is 2.38. The smallest absolute Gasteiger partial charge is 0.0932 e. The number of nitrogens with two attached hydrogens (primary N) is 1. The Balaban J connectivity index is 2.67. The summed E-state index contributed by atoms with van der Waals surface area (Å²) in [4.78, 5) is 0. The van der Waals surface area contributed by atoms with Gasteiger partial charge in [-0.3, -0.25) is 4.68 Å². The molecule has 1 heterocycles. The van der Waals surface area contributed by atoms with Crippen molar-refractivity contribution in [3.05, 3.63) is 29.5 Å². The van der Waals surface area contributed by atoms with Crippen LogP contribution in [0.25, 0.3) is 10.9 Å². The highest BCUT2D eigenvalue weighted by Crippen LogP contribution is 2.17. The highest BCUT2D eigenvalue weighted by Gasteiger charge is 2.03. The summed E-state index contributed by atoms with van der Waals surface area (Å²) in [5.41, 5.74) is 3.11. The number of hydrogen-bond acceptors (Lipinski definition) is 3. The quantitative estimate of drug-likeness (QED) is 0.415. The van der Waals surface area contributed by atoms with E-state index in [0.717, 1.165) is 16.8 Å². The van der Waals surface area contributed by atoms with E-state index in [0.29, 0.717) is 0 Å². The fourth-order valence-electron chi connectivity index (χ4n) is 1.51. The first-order valence-corrected chi connectivity index (χ1v) is 4.39. The maximum absolute atomic E-state index is 5.08. The van der Waals surface area contributed by atoms with Gasteiger partial charge in [0.25, 0.3) is 0 Å². The molecule has 0 radical (unpaired) electrons. The van der Waals surface area contributed by atoms with Crippen molar-refractivity contribution in [1.29, 1.82) is 0 Å². The lowest BCUT2D eigenvalue weighted by molar-refractivity contribution is 0.751. The average molecular weight is 188 g/mol. The summed E-state index contributed by atoms with van der Waals surface area (Å²) in [6.45, 7) is 2.05. The third-order valence-corrected chi connectivity index (χ3v) is 2.38. The first kappa shape index (κ1) is 8.74. The molecule has 0 spiro atoms. The van der Waals surface area contributed by atoms with Gasteiger partial charge < -0.3 is 5.84 Å². The standard InChI is InChI=1S/C10H12N4/c1-7-9-4-3-8(6-12-11)5-10(9)13-14(7)2/h3-6H,11H2,1-2H3. The van der Waals surface area contributed by atoms with Crippen LogP contribution >= 0.6 is 0 Å². The summed E-state index contributed by atoms with van der Waals surface area (Å²) in [6, 6.07) is 5.99. The Morgan fingerprint density at radius 1 is 1.50 bits per heavy atom. The van der Waals surface area contributed by atoms with Gasteiger partial charge in [-0.1, -0.05) is 12.1 Å². The fourth-order valence-corrected chi connectivity index (χ4v) is 1.51. The molecule has 2 N–H and O–H groups in total. The van der Waals surface area contributed by atoms with Crippen LogP contribution in [0.1, 0.15) is 11.3 Å². The molecule has 0 atom stereocenters. The minimum atomic E-state index is 0.970. The van der Waals surface area contributed by atoms with E-state index in [2.05, 4.69) is 10.2 Å². The van der Waals surface area contributed by atoms with E-state index in [1.54, 1.807) is 6.21 Å². The van der Waals surface area contributed by atoms with Gasteiger partial charge in [-0.2, -0.15) is 10.2 Å². The van der Waals surface area contributed by atoms with Crippen LogP contribution in [0.3, 0.4) is 0 Å². The number of hydrogen-bond donors (Lipinski definition) is 1. The summed E-state index contributed by atoms with van der Waals surface area (Å²) < 4.78 is 1.87. The van der Waals surface area contributed by atoms with Crippen LogP contribution < -0.4 is 5.84 Å². The molecule has 1 aromatic heterocycles. The molecular formula is C10H12N4. The number of hydrazone groups is 1. The highest BCUT2D eigenvalue weighted by atomic mass is 15.3. The van der Waals surface area contributed by atoms with E-state index in [-0.39, 0.29) is 0 Å². The number of benzene rings is 1. The minimum absolute atomic E-state index is 0.970. The van der Waals surface area contributed by atoms with Gasteiger partial charge in [0.2, 0.25) is 0 Å². The molecule has 0 aliphatic heterocycles. The van der Waals surface area contributed by atoms with Crippen molar-refractivity contribution in [2.24, 2.45) is 18.0 Å². The van der Waals surface area contributed by atoms with Crippen molar-refractivity contribution in [2.45, 2.75) is 6.92 Å². The maximum Gasteiger partial charge on any atom is 0.0932 e.